The second kappa shape index (κ2) is 11.7. The van der Waals surface area contributed by atoms with Gasteiger partial charge in [0.2, 0.25) is 0 Å². The number of rotatable bonds is 9. The molecule has 0 bridgehead atoms. The second-order valence-corrected chi connectivity index (χ2v) is 8.03. The molecular formula is C26H24N2O4S. The zero-order valence-corrected chi connectivity index (χ0v) is 19.3. The average Bonchev–Trinajstić information content (AvgIpc) is 3.26. The van der Waals surface area contributed by atoms with Crippen LogP contribution in [0.15, 0.2) is 66.2 Å². The quantitative estimate of drug-likeness (QED) is 0.243. The van der Waals surface area contributed by atoms with Gasteiger partial charge in [0.15, 0.2) is 0 Å². The maximum absolute atomic E-state index is 12.9. The van der Waals surface area contributed by atoms with Crippen LogP contribution < -0.4 is 10.1 Å². The van der Waals surface area contributed by atoms with Crippen molar-refractivity contribution in [2.75, 3.05) is 18.5 Å². The van der Waals surface area contributed by atoms with Gasteiger partial charge in [0.25, 0.3) is 5.91 Å². The molecule has 0 radical (unpaired) electrons. The minimum absolute atomic E-state index is 0.0818. The number of anilines is 1. The van der Waals surface area contributed by atoms with E-state index in [9.17, 15) is 14.9 Å². The molecule has 168 valence electrons. The fourth-order valence-corrected chi connectivity index (χ4v) is 4.00. The SMILES string of the molecule is CCCOc1ccc(/C=C(\C#N)C(=O)Nc2sc(-c3ccccc3)cc2C(=O)OCC)cc1. The minimum atomic E-state index is -0.601. The number of carbonyl (C=O) groups is 2. The van der Waals surface area contributed by atoms with Crippen molar-refractivity contribution in [2.45, 2.75) is 20.3 Å². The summed E-state index contributed by atoms with van der Waals surface area (Å²) in [6.45, 7) is 4.58. The topological polar surface area (TPSA) is 88.4 Å². The second-order valence-electron chi connectivity index (χ2n) is 6.98. The van der Waals surface area contributed by atoms with Crippen LogP contribution in [0.2, 0.25) is 0 Å². The van der Waals surface area contributed by atoms with Crippen LogP contribution in [0, 0.1) is 11.3 Å². The lowest BCUT2D eigenvalue weighted by Gasteiger charge is -2.06. The van der Waals surface area contributed by atoms with Crippen molar-refractivity contribution in [2.24, 2.45) is 0 Å². The van der Waals surface area contributed by atoms with Crippen molar-refractivity contribution < 1.29 is 19.1 Å². The molecule has 1 aromatic heterocycles. The highest BCUT2D eigenvalue weighted by atomic mass is 32.1. The zero-order valence-electron chi connectivity index (χ0n) is 18.5. The molecule has 1 heterocycles. The summed E-state index contributed by atoms with van der Waals surface area (Å²) < 4.78 is 10.7. The summed E-state index contributed by atoms with van der Waals surface area (Å²) in [5, 5.41) is 12.6. The third-order valence-electron chi connectivity index (χ3n) is 4.54. The predicted molar refractivity (Wildman–Crippen MR) is 130 cm³/mol. The van der Waals surface area contributed by atoms with E-state index in [2.05, 4.69) is 5.32 Å². The largest absolute Gasteiger partial charge is 0.494 e. The smallest absolute Gasteiger partial charge is 0.341 e. The van der Waals surface area contributed by atoms with Crippen LogP contribution in [0.4, 0.5) is 5.00 Å². The molecule has 0 saturated carbocycles. The molecule has 0 spiro atoms. The number of hydrogen-bond acceptors (Lipinski definition) is 6. The number of esters is 1. The number of nitrogens with zero attached hydrogens (tertiary/aromatic N) is 1. The minimum Gasteiger partial charge on any atom is -0.494 e. The highest BCUT2D eigenvalue weighted by Crippen LogP contribution is 2.36. The van der Waals surface area contributed by atoms with Gasteiger partial charge in [-0.3, -0.25) is 4.79 Å². The Kier molecular flexibility index (Phi) is 8.39. The van der Waals surface area contributed by atoms with E-state index in [1.165, 1.54) is 17.4 Å². The Morgan fingerprint density at radius 3 is 2.45 bits per heavy atom. The molecule has 3 rings (SSSR count). The van der Waals surface area contributed by atoms with Crippen molar-refractivity contribution in [1.82, 2.24) is 0 Å². The molecule has 33 heavy (non-hydrogen) atoms. The number of ether oxygens (including phenoxy) is 2. The Morgan fingerprint density at radius 1 is 1.09 bits per heavy atom. The number of amides is 1. The van der Waals surface area contributed by atoms with Crippen LogP contribution >= 0.6 is 11.3 Å². The summed E-state index contributed by atoms with van der Waals surface area (Å²) in [5.41, 5.74) is 1.77. The number of carbonyl (C=O) groups excluding carboxylic acids is 2. The highest BCUT2D eigenvalue weighted by molar-refractivity contribution is 7.20. The first-order chi connectivity index (χ1) is 16.0. The zero-order chi connectivity index (χ0) is 23.6. The lowest BCUT2D eigenvalue weighted by atomic mass is 10.1. The van der Waals surface area contributed by atoms with Gasteiger partial charge in [-0.15, -0.1) is 11.3 Å². The first-order valence-electron chi connectivity index (χ1n) is 10.6. The Hall–Kier alpha value is -3.89. The fraction of sp³-hybridized carbons (Fsp3) is 0.192. The van der Waals surface area contributed by atoms with Crippen LogP contribution in [0.25, 0.3) is 16.5 Å². The van der Waals surface area contributed by atoms with Crippen molar-refractivity contribution >= 4 is 34.3 Å². The summed E-state index contributed by atoms with van der Waals surface area (Å²) in [4.78, 5) is 26.1. The molecule has 7 heteroatoms. The van der Waals surface area contributed by atoms with E-state index >= 15 is 0 Å². The molecule has 1 N–H and O–H groups in total. The predicted octanol–water partition coefficient (Wildman–Crippen LogP) is 5.93. The molecular weight excluding hydrogens is 436 g/mol. The van der Waals surface area contributed by atoms with Gasteiger partial charge < -0.3 is 14.8 Å². The van der Waals surface area contributed by atoms with Gasteiger partial charge in [-0.2, -0.15) is 5.26 Å². The molecule has 6 nitrogen and oxygen atoms in total. The summed E-state index contributed by atoms with van der Waals surface area (Å²) in [5.74, 6) is -0.407. The molecule has 0 aliphatic rings. The third-order valence-corrected chi connectivity index (χ3v) is 5.64. The van der Waals surface area contributed by atoms with Gasteiger partial charge in [-0.25, -0.2) is 4.79 Å². The summed E-state index contributed by atoms with van der Waals surface area (Å²) in [7, 11) is 0. The maximum Gasteiger partial charge on any atom is 0.341 e. The number of hydrogen-bond donors (Lipinski definition) is 1. The third kappa shape index (κ3) is 6.31. The Balaban J connectivity index is 1.85. The van der Waals surface area contributed by atoms with E-state index in [0.29, 0.717) is 17.2 Å². The maximum atomic E-state index is 12.9. The van der Waals surface area contributed by atoms with Crippen molar-refractivity contribution in [3.8, 4) is 22.3 Å². The standard InChI is InChI=1S/C26H24N2O4S/c1-3-14-32-21-12-10-18(11-13-21)15-20(17-27)24(29)28-25-22(26(30)31-4-2)16-23(33-25)19-8-6-5-7-9-19/h5-13,15-16H,3-4,14H2,1-2H3,(H,28,29)/b20-15+. The molecule has 0 aliphatic carbocycles. The lowest BCUT2D eigenvalue weighted by Crippen LogP contribution is -2.15. The molecule has 0 saturated heterocycles. The Labute approximate surface area is 197 Å². The molecule has 3 aromatic rings. The Bertz CT molecular complexity index is 1180. The van der Waals surface area contributed by atoms with Crippen LogP contribution in [0.1, 0.15) is 36.2 Å². The van der Waals surface area contributed by atoms with Gasteiger partial charge >= 0.3 is 5.97 Å². The van der Waals surface area contributed by atoms with Crippen LogP contribution in [0.5, 0.6) is 5.75 Å². The number of thiophene rings is 1. The Morgan fingerprint density at radius 2 is 1.82 bits per heavy atom. The number of nitrogens with one attached hydrogen (secondary N) is 1. The summed E-state index contributed by atoms with van der Waals surface area (Å²) >= 11 is 1.25. The molecule has 1 amide bonds. The van der Waals surface area contributed by atoms with E-state index in [-0.39, 0.29) is 17.7 Å². The van der Waals surface area contributed by atoms with Crippen molar-refractivity contribution in [3.05, 3.63) is 77.4 Å². The van der Waals surface area contributed by atoms with E-state index in [1.807, 2.05) is 43.3 Å². The van der Waals surface area contributed by atoms with E-state index < -0.39 is 11.9 Å². The normalized spacial score (nSPS) is 10.9. The molecule has 0 aliphatic heterocycles. The van der Waals surface area contributed by atoms with Gasteiger partial charge in [-0.05, 0) is 48.7 Å². The van der Waals surface area contributed by atoms with Crippen LogP contribution in [-0.4, -0.2) is 25.1 Å². The lowest BCUT2D eigenvalue weighted by molar-refractivity contribution is -0.112. The van der Waals surface area contributed by atoms with Gasteiger partial charge in [-0.1, -0.05) is 49.4 Å². The molecule has 0 atom stereocenters. The van der Waals surface area contributed by atoms with Crippen molar-refractivity contribution in [1.29, 1.82) is 5.26 Å². The van der Waals surface area contributed by atoms with Crippen molar-refractivity contribution in [3.63, 3.8) is 0 Å². The van der Waals surface area contributed by atoms with Crippen LogP contribution in [-0.2, 0) is 9.53 Å². The monoisotopic (exact) mass is 460 g/mol. The summed E-state index contributed by atoms with van der Waals surface area (Å²) in [6.07, 6.45) is 2.40. The first kappa shape index (κ1) is 23.8. The number of benzene rings is 2. The average molecular weight is 461 g/mol. The first-order valence-corrected chi connectivity index (χ1v) is 11.4. The van der Waals surface area contributed by atoms with Crippen LogP contribution in [0.3, 0.4) is 0 Å². The van der Waals surface area contributed by atoms with E-state index in [1.54, 1.807) is 37.3 Å². The summed E-state index contributed by atoms with van der Waals surface area (Å²) in [6, 6.07) is 20.3. The molecule has 0 unspecified atom stereocenters. The highest BCUT2D eigenvalue weighted by Gasteiger charge is 2.21. The van der Waals surface area contributed by atoms with Gasteiger partial charge in [0, 0.05) is 4.88 Å². The van der Waals surface area contributed by atoms with E-state index in [0.717, 1.165) is 22.6 Å². The van der Waals surface area contributed by atoms with Gasteiger partial charge in [0.05, 0.1) is 18.8 Å². The number of nitriles is 1. The molecule has 2 aromatic carbocycles. The fourth-order valence-electron chi connectivity index (χ4n) is 2.95. The van der Waals surface area contributed by atoms with Gasteiger partial charge in [0.1, 0.15) is 22.4 Å². The van der Waals surface area contributed by atoms with E-state index in [4.69, 9.17) is 9.47 Å². The molecule has 0 fully saturated rings.